The molecule has 1 saturated heterocycles. The number of carbonyl (C=O) groups excluding carboxylic acids is 1. The fraction of sp³-hybridized carbons (Fsp3) is 0.500. The van der Waals surface area contributed by atoms with Gasteiger partial charge in [0.25, 0.3) is 0 Å². The van der Waals surface area contributed by atoms with E-state index in [1.54, 1.807) is 17.7 Å². The Labute approximate surface area is 126 Å². The number of hydrogen-bond acceptors (Lipinski definition) is 5. The first-order chi connectivity index (χ1) is 9.74. The Morgan fingerprint density at radius 3 is 3.30 bits per heavy atom. The molecule has 0 aliphatic carbocycles. The van der Waals surface area contributed by atoms with Gasteiger partial charge in [-0.1, -0.05) is 18.7 Å². The van der Waals surface area contributed by atoms with Crippen molar-refractivity contribution in [3.8, 4) is 0 Å². The van der Waals surface area contributed by atoms with E-state index in [2.05, 4.69) is 16.9 Å². The minimum absolute atomic E-state index is 0.226. The molecular formula is C14H17N3OS2. The standard InChI is InChI=1S/C14H17N3OS2/c1-10-3-2-5-17(7-10)12(18)8-20-14-11-4-6-19-13(11)15-9-16-14/h4,6,9-10H,2-3,5,7-8H2,1H3. The van der Waals surface area contributed by atoms with Gasteiger partial charge in [-0.15, -0.1) is 11.3 Å². The van der Waals surface area contributed by atoms with Crippen LogP contribution in [0, 0.1) is 5.92 Å². The highest BCUT2D eigenvalue weighted by Crippen LogP contribution is 2.28. The maximum absolute atomic E-state index is 12.3. The van der Waals surface area contributed by atoms with Crippen molar-refractivity contribution in [2.45, 2.75) is 24.8 Å². The number of fused-ring (bicyclic) bond motifs is 1. The number of piperidine rings is 1. The minimum atomic E-state index is 0.226. The Bertz CT molecular complexity index is 613. The van der Waals surface area contributed by atoms with Crippen molar-refractivity contribution in [1.29, 1.82) is 0 Å². The third-order valence-electron chi connectivity index (χ3n) is 3.57. The molecule has 0 bridgehead atoms. The summed E-state index contributed by atoms with van der Waals surface area (Å²) in [5.41, 5.74) is 0. The smallest absolute Gasteiger partial charge is 0.232 e. The first kappa shape index (κ1) is 13.8. The number of hydrogen-bond donors (Lipinski definition) is 0. The average molecular weight is 307 g/mol. The Balaban J connectivity index is 1.64. The molecule has 2 aromatic heterocycles. The Hall–Kier alpha value is -1.14. The SMILES string of the molecule is CC1CCCN(C(=O)CSc2ncnc3sccc23)C1. The molecule has 0 N–H and O–H groups in total. The van der Waals surface area contributed by atoms with Crippen LogP contribution in [0.3, 0.4) is 0 Å². The van der Waals surface area contributed by atoms with E-state index in [1.165, 1.54) is 18.2 Å². The lowest BCUT2D eigenvalue weighted by atomic mass is 10.0. The summed E-state index contributed by atoms with van der Waals surface area (Å²) in [4.78, 5) is 23.8. The molecule has 1 aliphatic rings. The lowest BCUT2D eigenvalue weighted by molar-refractivity contribution is -0.130. The van der Waals surface area contributed by atoms with E-state index < -0.39 is 0 Å². The Morgan fingerprint density at radius 2 is 2.45 bits per heavy atom. The topological polar surface area (TPSA) is 46.1 Å². The van der Waals surface area contributed by atoms with Gasteiger partial charge < -0.3 is 4.90 Å². The molecule has 1 aliphatic heterocycles. The fourth-order valence-corrected chi connectivity index (χ4v) is 4.20. The monoisotopic (exact) mass is 307 g/mol. The molecular weight excluding hydrogens is 290 g/mol. The molecule has 0 radical (unpaired) electrons. The average Bonchev–Trinajstić information content (AvgIpc) is 2.93. The van der Waals surface area contributed by atoms with E-state index in [0.29, 0.717) is 11.7 Å². The van der Waals surface area contributed by atoms with E-state index in [-0.39, 0.29) is 5.91 Å². The zero-order valence-electron chi connectivity index (χ0n) is 11.4. The first-order valence-electron chi connectivity index (χ1n) is 6.83. The number of thiophene rings is 1. The highest BCUT2D eigenvalue weighted by atomic mass is 32.2. The second-order valence-corrected chi connectivity index (χ2v) is 7.05. The lowest BCUT2D eigenvalue weighted by Gasteiger charge is -2.30. The molecule has 106 valence electrons. The van der Waals surface area contributed by atoms with Crippen LogP contribution < -0.4 is 0 Å². The molecule has 3 heterocycles. The van der Waals surface area contributed by atoms with Crippen molar-refractivity contribution in [3.05, 3.63) is 17.8 Å². The Kier molecular flexibility index (Phi) is 4.21. The molecule has 1 amide bonds. The molecule has 6 heteroatoms. The van der Waals surface area contributed by atoms with E-state index in [1.807, 2.05) is 16.3 Å². The van der Waals surface area contributed by atoms with Crippen LogP contribution in [-0.2, 0) is 4.79 Å². The van der Waals surface area contributed by atoms with Gasteiger partial charge in [-0.25, -0.2) is 9.97 Å². The Morgan fingerprint density at radius 1 is 1.55 bits per heavy atom. The van der Waals surface area contributed by atoms with Gasteiger partial charge in [-0.05, 0) is 30.2 Å². The van der Waals surface area contributed by atoms with E-state index in [0.717, 1.165) is 34.8 Å². The number of thioether (sulfide) groups is 1. The zero-order chi connectivity index (χ0) is 13.9. The second kappa shape index (κ2) is 6.10. The molecule has 1 atom stereocenters. The van der Waals surface area contributed by atoms with Crippen LogP contribution >= 0.6 is 23.1 Å². The molecule has 1 fully saturated rings. The predicted molar refractivity (Wildman–Crippen MR) is 83.1 cm³/mol. The molecule has 1 unspecified atom stereocenters. The summed E-state index contributed by atoms with van der Waals surface area (Å²) in [6.07, 6.45) is 3.94. The third-order valence-corrected chi connectivity index (χ3v) is 5.38. The molecule has 3 rings (SSSR count). The summed E-state index contributed by atoms with van der Waals surface area (Å²) in [5.74, 6) is 1.32. The van der Waals surface area contributed by atoms with Crippen LogP contribution in [0.4, 0.5) is 0 Å². The summed E-state index contributed by atoms with van der Waals surface area (Å²) in [7, 11) is 0. The van der Waals surface area contributed by atoms with Crippen molar-refractivity contribution in [3.63, 3.8) is 0 Å². The maximum Gasteiger partial charge on any atom is 0.232 e. The number of likely N-dealkylation sites (tertiary alicyclic amines) is 1. The number of nitrogens with zero attached hydrogens (tertiary/aromatic N) is 3. The summed E-state index contributed by atoms with van der Waals surface area (Å²) in [6, 6.07) is 2.02. The molecule has 0 spiro atoms. The molecule has 0 saturated carbocycles. The summed E-state index contributed by atoms with van der Waals surface area (Å²) in [5, 5.41) is 3.98. The fourth-order valence-electron chi connectivity index (χ4n) is 2.52. The summed E-state index contributed by atoms with van der Waals surface area (Å²) < 4.78 is 0. The van der Waals surface area contributed by atoms with Crippen molar-refractivity contribution >= 4 is 39.2 Å². The number of amides is 1. The quantitative estimate of drug-likeness (QED) is 0.646. The molecule has 0 aromatic carbocycles. The molecule has 2 aromatic rings. The predicted octanol–water partition coefficient (Wildman–Crippen LogP) is 3.04. The minimum Gasteiger partial charge on any atom is -0.342 e. The van der Waals surface area contributed by atoms with Gasteiger partial charge in [0.1, 0.15) is 16.2 Å². The highest BCUT2D eigenvalue weighted by molar-refractivity contribution is 8.00. The zero-order valence-corrected chi connectivity index (χ0v) is 13.0. The number of carbonyl (C=O) groups is 1. The van der Waals surface area contributed by atoms with E-state index in [9.17, 15) is 4.79 Å². The van der Waals surface area contributed by atoms with Gasteiger partial charge in [0.15, 0.2) is 0 Å². The highest BCUT2D eigenvalue weighted by Gasteiger charge is 2.21. The van der Waals surface area contributed by atoms with Crippen LogP contribution in [0.15, 0.2) is 22.8 Å². The van der Waals surface area contributed by atoms with Crippen LogP contribution in [0.25, 0.3) is 10.2 Å². The van der Waals surface area contributed by atoms with Gasteiger partial charge in [0, 0.05) is 18.5 Å². The molecule has 4 nitrogen and oxygen atoms in total. The van der Waals surface area contributed by atoms with Crippen LogP contribution in [0.2, 0.25) is 0 Å². The number of rotatable bonds is 3. The van der Waals surface area contributed by atoms with Crippen molar-refractivity contribution < 1.29 is 4.79 Å². The van der Waals surface area contributed by atoms with Gasteiger partial charge >= 0.3 is 0 Å². The largest absolute Gasteiger partial charge is 0.342 e. The maximum atomic E-state index is 12.3. The van der Waals surface area contributed by atoms with E-state index >= 15 is 0 Å². The first-order valence-corrected chi connectivity index (χ1v) is 8.69. The van der Waals surface area contributed by atoms with Gasteiger partial charge in [-0.3, -0.25) is 4.79 Å². The van der Waals surface area contributed by atoms with E-state index in [4.69, 9.17) is 0 Å². The van der Waals surface area contributed by atoms with Crippen molar-refractivity contribution in [2.24, 2.45) is 5.92 Å². The van der Waals surface area contributed by atoms with Gasteiger partial charge in [0.2, 0.25) is 5.91 Å². The van der Waals surface area contributed by atoms with Crippen LogP contribution in [-0.4, -0.2) is 39.6 Å². The van der Waals surface area contributed by atoms with Crippen LogP contribution in [0.1, 0.15) is 19.8 Å². The third kappa shape index (κ3) is 2.96. The summed E-state index contributed by atoms with van der Waals surface area (Å²) >= 11 is 3.13. The number of aromatic nitrogens is 2. The second-order valence-electron chi connectivity index (χ2n) is 5.19. The summed E-state index contributed by atoms with van der Waals surface area (Å²) in [6.45, 7) is 4.02. The normalized spacial score (nSPS) is 19.4. The molecule has 20 heavy (non-hydrogen) atoms. The van der Waals surface area contributed by atoms with Gasteiger partial charge in [-0.2, -0.15) is 0 Å². The van der Waals surface area contributed by atoms with Crippen molar-refractivity contribution in [1.82, 2.24) is 14.9 Å². The van der Waals surface area contributed by atoms with Crippen molar-refractivity contribution in [2.75, 3.05) is 18.8 Å². The van der Waals surface area contributed by atoms with Gasteiger partial charge in [0.05, 0.1) is 5.75 Å². The van der Waals surface area contributed by atoms with Crippen LogP contribution in [0.5, 0.6) is 0 Å². The lowest BCUT2D eigenvalue weighted by Crippen LogP contribution is -2.40.